The maximum Gasteiger partial charge on any atom is 1.00 e. The van der Waals surface area contributed by atoms with Crippen molar-refractivity contribution < 1.29 is 34.7 Å². The first kappa shape index (κ1) is 12.0. The van der Waals surface area contributed by atoms with E-state index in [2.05, 4.69) is 20.2 Å². The van der Waals surface area contributed by atoms with E-state index in [4.69, 9.17) is 0 Å². The van der Waals surface area contributed by atoms with Crippen molar-refractivity contribution in [3.05, 3.63) is 36.7 Å². The minimum Gasteiger partial charge on any atom is -0.859 e. The monoisotopic (exact) mass is 234 g/mol. The predicted molar refractivity (Wildman–Crippen MR) is 56.6 cm³/mol. The zero-order chi connectivity index (χ0) is 11.0. The number of pyridine rings is 2. The van der Waals surface area contributed by atoms with Crippen LogP contribution in [0.3, 0.4) is 0 Å². The van der Waals surface area contributed by atoms with Gasteiger partial charge in [0.1, 0.15) is 0 Å². The van der Waals surface area contributed by atoms with Crippen LogP contribution in [0, 0.1) is 0 Å². The van der Waals surface area contributed by atoms with Gasteiger partial charge in [0.25, 0.3) is 0 Å². The Balaban J connectivity index is 0.00000108. The van der Waals surface area contributed by atoms with Gasteiger partial charge in [0.2, 0.25) is 0 Å². The topological polar surface area (TPSA) is 77.5 Å². The van der Waals surface area contributed by atoms with Crippen molar-refractivity contribution in [1.82, 2.24) is 20.2 Å². The standard InChI is InChI=1S/C11H8N4O.Na/c16-11-8-1-2-9(13-10(8)14-15-11)7-3-5-12-6-4-7;/h1-6H,(H2,13,14,15,16);/q;+1/p-1. The van der Waals surface area contributed by atoms with Crippen LogP contribution in [0.1, 0.15) is 0 Å². The minimum absolute atomic E-state index is 0. The molecule has 0 spiro atoms. The van der Waals surface area contributed by atoms with Crippen LogP contribution in [0.2, 0.25) is 0 Å². The summed E-state index contributed by atoms with van der Waals surface area (Å²) in [7, 11) is 0. The molecule has 78 valence electrons. The van der Waals surface area contributed by atoms with Crippen molar-refractivity contribution in [2.75, 3.05) is 0 Å². The number of aromatic amines is 1. The van der Waals surface area contributed by atoms with Crippen LogP contribution < -0.4 is 34.7 Å². The molecule has 0 saturated heterocycles. The third-order valence-electron chi connectivity index (χ3n) is 2.36. The summed E-state index contributed by atoms with van der Waals surface area (Å²) in [6.07, 6.45) is 3.40. The molecule has 3 aromatic heterocycles. The molecule has 5 nitrogen and oxygen atoms in total. The van der Waals surface area contributed by atoms with Crippen molar-refractivity contribution in [1.29, 1.82) is 0 Å². The van der Waals surface area contributed by atoms with Gasteiger partial charge in [-0.25, -0.2) is 4.98 Å². The molecule has 17 heavy (non-hydrogen) atoms. The van der Waals surface area contributed by atoms with Crippen LogP contribution in [-0.2, 0) is 0 Å². The van der Waals surface area contributed by atoms with Crippen LogP contribution in [0.25, 0.3) is 22.3 Å². The van der Waals surface area contributed by atoms with E-state index >= 15 is 0 Å². The molecule has 0 bridgehead atoms. The molecule has 0 unspecified atom stereocenters. The molecule has 3 rings (SSSR count). The van der Waals surface area contributed by atoms with Crippen LogP contribution in [0.15, 0.2) is 36.7 Å². The first-order valence-electron chi connectivity index (χ1n) is 4.77. The van der Waals surface area contributed by atoms with Gasteiger partial charge in [0, 0.05) is 23.3 Å². The molecule has 0 saturated carbocycles. The summed E-state index contributed by atoms with van der Waals surface area (Å²) in [6, 6.07) is 7.25. The van der Waals surface area contributed by atoms with Gasteiger partial charge in [-0.1, -0.05) is 0 Å². The first-order chi connectivity index (χ1) is 7.84. The molecule has 0 radical (unpaired) electrons. The molecule has 6 heteroatoms. The molecule has 0 aliphatic rings. The van der Waals surface area contributed by atoms with Gasteiger partial charge >= 0.3 is 29.6 Å². The molecule has 1 N–H and O–H groups in total. The second kappa shape index (κ2) is 4.83. The van der Waals surface area contributed by atoms with Crippen molar-refractivity contribution in [3.63, 3.8) is 0 Å². The summed E-state index contributed by atoms with van der Waals surface area (Å²) in [5.74, 6) is -0.205. The van der Waals surface area contributed by atoms with E-state index in [0.717, 1.165) is 11.3 Å². The quantitative estimate of drug-likeness (QED) is 0.499. The number of rotatable bonds is 1. The van der Waals surface area contributed by atoms with Crippen LogP contribution in [0.4, 0.5) is 0 Å². The molecule has 0 aliphatic heterocycles. The maximum absolute atomic E-state index is 11.3. The Morgan fingerprint density at radius 2 is 1.82 bits per heavy atom. The molecule has 0 aliphatic carbocycles. The van der Waals surface area contributed by atoms with Gasteiger partial charge in [0.15, 0.2) is 5.65 Å². The van der Waals surface area contributed by atoms with E-state index in [-0.39, 0.29) is 35.4 Å². The fraction of sp³-hybridized carbons (Fsp3) is 0. The van der Waals surface area contributed by atoms with Gasteiger partial charge in [0.05, 0.1) is 5.69 Å². The number of fused-ring (bicyclic) bond motifs is 1. The number of nitrogens with zero attached hydrogens (tertiary/aromatic N) is 3. The normalized spacial score (nSPS) is 10.1. The third kappa shape index (κ3) is 2.17. The second-order valence-corrected chi connectivity index (χ2v) is 3.36. The Hall–Kier alpha value is -1.43. The zero-order valence-electron chi connectivity index (χ0n) is 9.21. The van der Waals surface area contributed by atoms with Gasteiger partial charge in [-0.2, -0.15) is 5.10 Å². The summed E-state index contributed by atoms with van der Waals surface area (Å²) in [6.45, 7) is 0. The molecule has 3 aromatic rings. The Morgan fingerprint density at radius 3 is 2.59 bits per heavy atom. The van der Waals surface area contributed by atoms with Crippen molar-refractivity contribution in [2.45, 2.75) is 0 Å². The number of hydrogen-bond acceptors (Lipinski definition) is 4. The number of hydrogen-bond donors (Lipinski definition) is 1. The Bertz CT molecular complexity index is 638. The molecule has 0 fully saturated rings. The Kier molecular flexibility index (Phi) is 3.42. The molecule has 0 atom stereocenters. The summed E-state index contributed by atoms with van der Waals surface area (Å²) < 4.78 is 0. The summed E-state index contributed by atoms with van der Waals surface area (Å²) in [5, 5.41) is 18.0. The smallest absolute Gasteiger partial charge is 0.859 e. The summed E-state index contributed by atoms with van der Waals surface area (Å²) >= 11 is 0. The van der Waals surface area contributed by atoms with Crippen LogP contribution in [-0.4, -0.2) is 20.2 Å². The van der Waals surface area contributed by atoms with E-state index in [1.54, 1.807) is 24.5 Å². The molecular weight excluding hydrogens is 227 g/mol. The number of nitrogens with one attached hydrogen (secondary N) is 1. The van der Waals surface area contributed by atoms with E-state index in [9.17, 15) is 5.11 Å². The minimum atomic E-state index is -0.205. The predicted octanol–water partition coefficient (Wildman–Crippen LogP) is -1.90. The average Bonchev–Trinajstić information content (AvgIpc) is 2.72. The number of aromatic nitrogens is 4. The molecular formula is C11H7N4NaO. The average molecular weight is 234 g/mol. The molecule has 0 amide bonds. The maximum atomic E-state index is 11.3. The first-order valence-corrected chi connectivity index (χ1v) is 4.77. The third-order valence-corrected chi connectivity index (χ3v) is 2.36. The van der Waals surface area contributed by atoms with Gasteiger partial charge in [-0.05, 0) is 30.1 Å². The molecule has 0 aromatic carbocycles. The van der Waals surface area contributed by atoms with E-state index < -0.39 is 0 Å². The largest absolute Gasteiger partial charge is 1.00 e. The fourth-order valence-electron chi connectivity index (χ4n) is 1.56. The summed E-state index contributed by atoms with van der Waals surface area (Å²) in [5.41, 5.74) is 2.17. The van der Waals surface area contributed by atoms with Gasteiger partial charge in [-0.15, -0.1) is 0 Å². The second-order valence-electron chi connectivity index (χ2n) is 3.36. The van der Waals surface area contributed by atoms with E-state index in [0.29, 0.717) is 11.0 Å². The summed E-state index contributed by atoms with van der Waals surface area (Å²) in [4.78, 5) is 8.23. The van der Waals surface area contributed by atoms with Crippen molar-refractivity contribution in [3.8, 4) is 17.1 Å². The van der Waals surface area contributed by atoms with Crippen LogP contribution >= 0.6 is 0 Å². The Labute approximate surface area is 119 Å². The molecule has 3 heterocycles. The van der Waals surface area contributed by atoms with Crippen molar-refractivity contribution in [2.24, 2.45) is 0 Å². The van der Waals surface area contributed by atoms with Gasteiger partial charge < -0.3 is 5.11 Å². The van der Waals surface area contributed by atoms with Gasteiger partial charge in [-0.3, -0.25) is 10.1 Å². The van der Waals surface area contributed by atoms with E-state index in [1.165, 1.54) is 0 Å². The SMILES string of the molecule is [Na+].[O-]c1[nH]nc2nc(-c3ccncc3)ccc12. The fourth-order valence-corrected chi connectivity index (χ4v) is 1.56. The van der Waals surface area contributed by atoms with Crippen molar-refractivity contribution >= 4 is 11.0 Å². The van der Waals surface area contributed by atoms with Crippen LogP contribution in [0.5, 0.6) is 5.88 Å². The van der Waals surface area contributed by atoms with E-state index in [1.807, 2.05) is 12.1 Å². The zero-order valence-corrected chi connectivity index (χ0v) is 11.2. The Morgan fingerprint density at radius 1 is 1.06 bits per heavy atom. The number of H-pyrrole nitrogens is 1.